The van der Waals surface area contributed by atoms with Crippen LogP contribution in [0.5, 0.6) is 0 Å². The number of nitrogens with zero attached hydrogens (tertiary/aromatic N) is 1. The van der Waals surface area contributed by atoms with E-state index in [1.807, 2.05) is 0 Å². The van der Waals surface area contributed by atoms with Crippen molar-refractivity contribution < 1.29 is 25.8 Å². The second-order valence-corrected chi connectivity index (χ2v) is 13.7. The number of nitrogens with two attached hydrogens (primary N) is 1. The fourth-order valence-corrected chi connectivity index (χ4v) is 7.49. The third-order valence-electron chi connectivity index (χ3n) is 6.31. The van der Waals surface area contributed by atoms with Gasteiger partial charge in [-0.1, -0.05) is 0 Å². The smallest absolute Gasteiger partial charge is 0.215 e. The molecule has 0 aliphatic carbocycles. The zero-order chi connectivity index (χ0) is 23.8. The van der Waals surface area contributed by atoms with Crippen molar-refractivity contribution in [1.82, 2.24) is 9.03 Å². The number of piperidine rings is 1. The number of nitrogens with one attached hydrogen (secondary N) is 1. The average molecular weight is 496 g/mol. The number of sulfonamides is 1. The Morgan fingerprint density at radius 2 is 1.69 bits per heavy atom. The molecular weight excluding hydrogens is 463 g/mol. The van der Waals surface area contributed by atoms with Crippen LogP contribution in [0.4, 0.5) is 13.2 Å². The van der Waals surface area contributed by atoms with Gasteiger partial charge in [0.05, 0.1) is 21.5 Å². The van der Waals surface area contributed by atoms with Crippen molar-refractivity contribution in [3.63, 3.8) is 0 Å². The molecule has 0 saturated carbocycles. The van der Waals surface area contributed by atoms with E-state index < -0.39 is 49.2 Å². The quantitative estimate of drug-likeness (QED) is 0.543. The molecule has 1 unspecified atom stereocenters. The van der Waals surface area contributed by atoms with Gasteiger partial charge >= 0.3 is 0 Å². The predicted molar refractivity (Wildman–Crippen MR) is 119 cm³/mol. The molecule has 2 saturated heterocycles. The summed E-state index contributed by atoms with van der Waals surface area (Å²) in [4.78, 5) is 0. The van der Waals surface area contributed by atoms with Gasteiger partial charge in [-0.3, -0.25) is 0 Å². The van der Waals surface area contributed by atoms with Gasteiger partial charge in [-0.05, 0) is 70.4 Å². The van der Waals surface area contributed by atoms with Crippen LogP contribution in [0.1, 0.15) is 52.0 Å². The normalized spacial score (nSPS) is 26.3. The predicted octanol–water partition coefficient (Wildman–Crippen LogP) is 2.60. The van der Waals surface area contributed by atoms with Gasteiger partial charge in [-0.25, -0.2) is 30.5 Å². The van der Waals surface area contributed by atoms with Gasteiger partial charge in [0, 0.05) is 30.7 Å². The van der Waals surface area contributed by atoms with Crippen LogP contribution in [0.3, 0.4) is 0 Å². The highest BCUT2D eigenvalue weighted by Gasteiger charge is 2.48. The van der Waals surface area contributed by atoms with E-state index in [0.29, 0.717) is 18.9 Å². The minimum absolute atomic E-state index is 0.00200. The van der Waals surface area contributed by atoms with Crippen LogP contribution in [0.15, 0.2) is 12.1 Å². The molecule has 2 fully saturated rings. The first-order valence-corrected chi connectivity index (χ1v) is 13.6. The molecule has 3 N–H and O–H groups in total. The highest BCUT2D eigenvalue weighted by molar-refractivity contribution is 7.89. The maximum absolute atomic E-state index is 14.4. The molecule has 0 amide bonds. The Morgan fingerprint density at radius 3 is 2.22 bits per heavy atom. The van der Waals surface area contributed by atoms with Gasteiger partial charge < -0.3 is 5.73 Å². The van der Waals surface area contributed by atoms with Crippen molar-refractivity contribution in [2.75, 3.05) is 12.3 Å². The molecule has 2 aliphatic rings. The van der Waals surface area contributed by atoms with Crippen LogP contribution in [0, 0.1) is 23.4 Å². The summed E-state index contributed by atoms with van der Waals surface area (Å²) in [6.07, 6.45) is 2.50. The monoisotopic (exact) mass is 495 g/mol. The van der Waals surface area contributed by atoms with Crippen molar-refractivity contribution in [3.05, 3.63) is 35.1 Å². The number of rotatable bonds is 8. The number of fused-ring (bicyclic) bond motifs is 2. The maximum Gasteiger partial charge on any atom is 0.215 e. The van der Waals surface area contributed by atoms with Crippen LogP contribution in [-0.2, 0) is 27.4 Å². The summed E-state index contributed by atoms with van der Waals surface area (Å²) >= 11 is 0. The van der Waals surface area contributed by atoms with Crippen molar-refractivity contribution in [2.45, 2.75) is 75.7 Å². The Labute approximate surface area is 190 Å². The molecule has 0 radical (unpaired) electrons. The van der Waals surface area contributed by atoms with Crippen LogP contribution in [0.25, 0.3) is 0 Å². The maximum atomic E-state index is 14.4. The van der Waals surface area contributed by atoms with Crippen molar-refractivity contribution in [1.29, 1.82) is 0 Å². The molecule has 0 spiro atoms. The Balaban J connectivity index is 1.87. The molecule has 3 rings (SSSR count). The summed E-state index contributed by atoms with van der Waals surface area (Å²) < 4.78 is 83.9. The molecular formula is C21H32F3N3O3S2. The average Bonchev–Trinajstić information content (AvgIpc) is 2.96. The summed E-state index contributed by atoms with van der Waals surface area (Å²) in [6, 6.07) is 0.481. The minimum Gasteiger partial charge on any atom is -0.329 e. The van der Waals surface area contributed by atoms with Gasteiger partial charge in [0.2, 0.25) is 10.0 Å². The Kier molecular flexibility index (Phi) is 7.76. The van der Waals surface area contributed by atoms with Crippen molar-refractivity contribution in [2.24, 2.45) is 11.7 Å². The Morgan fingerprint density at radius 1 is 1.12 bits per heavy atom. The van der Waals surface area contributed by atoms with Crippen LogP contribution in [0.2, 0.25) is 0 Å². The molecule has 182 valence electrons. The summed E-state index contributed by atoms with van der Waals surface area (Å²) in [5, 5.41) is 0. The van der Waals surface area contributed by atoms with Gasteiger partial charge in [0.1, 0.15) is 5.82 Å². The molecule has 5 atom stereocenters. The van der Waals surface area contributed by atoms with Crippen LogP contribution < -0.4 is 10.5 Å². The molecule has 11 heteroatoms. The molecule has 32 heavy (non-hydrogen) atoms. The molecule has 2 aliphatic heterocycles. The van der Waals surface area contributed by atoms with E-state index in [1.165, 1.54) is 0 Å². The summed E-state index contributed by atoms with van der Waals surface area (Å²) in [5.41, 5.74) is 5.48. The van der Waals surface area contributed by atoms with Gasteiger partial charge in [0.25, 0.3) is 0 Å². The lowest BCUT2D eigenvalue weighted by Gasteiger charge is -2.41. The van der Waals surface area contributed by atoms with Crippen LogP contribution >= 0.6 is 0 Å². The third-order valence-corrected chi connectivity index (χ3v) is 9.93. The Hall–Kier alpha value is -1.01. The fourth-order valence-electron chi connectivity index (χ4n) is 4.79. The van der Waals surface area contributed by atoms with Crippen molar-refractivity contribution >= 4 is 21.0 Å². The first-order valence-electron chi connectivity index (χ1n) is 10.9. The highest BCUT2D eigenvalue weighted by Crippen LogP contribution is 2.42. The second-order valence-electron chi connectivity index (χ2n) is 9.72. The lowest BCUT2D eigenvalue weighted by Crippen LogP contribution is -2.53. The minimum atomic E-state index is -3.46. The lowest BCUT2D eigenvalue weighted by atomic mass is 9.83. The van der Waals surface area contributed by atoms with E-state index >= 15 is 0 Å². The number of hydrogen-bond donors (Lipinski definition) is 2. The number of halogens is 3. The second kappa shape index (κ2) is 9.69. The summed E-state index contributed by atoms with van der Waals surface area (Å²) in [5.74, 6) is -3.47. The summed E-state index contributed by atoms with van der Waals surface area (Å²) in [6.45, 7) is 5.46. The van der Waals surface area contributed by atoms with E-state index in [1.54, 1.807) is 25.1 Å². The molecule has 2 bridgehead atoms. The van der Waals surface area contributed by atoms with E-state index in [2.05, 4.69) is 4.72 Å². The largest absolute Gasteiger partial charge is 0.329 e. The molecule has 1 aromatic rings. The zero-order valence-electron chi connectivity index (χ0n) is 18.6. The van der Waals surface area contributed by atoms with Gasteiger partial charge in [-0.15, -0.1) is 0 Å². The lowest BCUT2D eigenvalue weighted by molar-refractivity contribution is 0.166. The standard InChI is InChI=1S/C21H32F3N3O3S2/c1-21(2,3)31(28)26-20(11-13-10-18(23)19(24)12-17(13)22)14-8-15-4-5-16(9-14)27(15)32(29,30)7-6-25/h10,12,14-16,20,26H,4-9,11,25H2,1-3H3/t14?,15-,16+,20-,31+/m1/s1. The van der Waals surface area contributed by atoms with E-state index in [4.69, 9.17) is 5.73 Å². The fraction of sp³-hybridized carbons (Fsp3) is 0.714. The van der Waals surface area contributed by atoms with E-state index in [0.717, 1.165) is 18.9 Å². The Bertz CT molecular complexity index is 955. The van der Waals surface area contributed by atoms with Crippen molar-refractivity contribution in [3.8, 4) is 0 Å². The first-order chi connectivity index (χ1) is 14.8. The van der Waals surface area contributed by atoms with Crippen LogP contribution in [-0.4, -0.2) is 52.1 Å². The molecule has 2 heterocycles. The SMILES string of the molecule is CC(C)(C)[S@](=O)N[C@H](Cc1cc(F)c(F)cc1F)C1C[C@H]2CC[C@@H](C1)N2S(=O)(=O)CCN. The van der Waals surface area contributed by atoms with Gasteiger partial charge in [0.15, 0.2) is 11.6 Å². The topological polar surface area (TPSA) is 92.5 Å². The van der Waals surface area contributed by atoms with E-state index in [9.17, 15) is 25.8 Å². The highest BCUT2D eigenvalue weighted by atomic mass is 32.2. The first kappa shape index (κ1) is 25.6. The summed E-state index contributed by atoms with van der Waals surface area (Å²) in [7, 11) is -4.94. The molecule has 6 nitrogen and oxygen atoms in total. The third kappa shape index (κ3) is 5.55. The zero-order valence-corrected chi connectivity index (χ0v) is 20.2. The molecule has 0 aromatic heterocycles. The number of hydrogen-bond acceptors (Lipinski definition) is 4. The number of benzene rings is 1. The van der Waals surface area contributed by atoms with E-state index in [-0.39, 0.29) is 42.3 Å². The van der Waals surface area contributed by atoms with Gasteiger partial charge in [-0.2, -0.15) is 4.31 Å². The molecule has 1 aromatic carbocycles.